The molecule has 1 atom stereocenters. The minimum atomic E-state index is -0.464. The van der Waals surface area contributed by atoms with Gasteiger partial charge in [0.05, 0.1) is 17.6 Å². The van der Waals surface area contributed by atoms with E-state index in [1.54, 1.807) is 17.0 Å². The number of hydrogen-bond donors (Lipinski definition) is 0. The number of carbonyl (C=O) groups is 1. The first kappa shape index (κ1) is 24.7. The van der Waals surface area contributed by atoms with Gasteiger partial charge in [-0.15, -0.1) is 0 Å². The summed E-state index contributed by atoms with van der Waals surface area (Å²) < 4.78 is 11.1. The largest absolute Gasteiger partial charge is 0.367 e. The fraction of sp³-hybridized carbons (Fsp3) is 0.222. The highest BCUT2D eigenvalue weighted by atomic mass is 16.6. The van der Waals surface area contributed by atoms with Gasteiger partial charge in [0.15, 0.2) is 0 Å². The lowest BCUT2D eigenvalue weighted by Crippen LogP contribution is -2.37. The number of nitro groups is 1. The molecule has 36 heavy (non-hydrogen) atoms. The van der Waals surface area contributed by atoms with E-state index in [0.717, 1.165) is 11.1 Å². The average Bonchev–Trinajstić information content (AvgIpc) is 3.39. The van der Waals surface area contributed by atoms with Crippen molar-refractivity contribution in [1.29, 1.82) is 0 Å². The highest BCUT2D eigenvalue weighted by Gasteiger charge is 2.23. The van der Waals surface area contributed by atoms with Gasteiger partial charge in [-0.25, -0.2) is 0 Å². The molecule has 1 aromatic heterocycles. The van der Waals surface area contributed by atoms with Crippen LogP contribution in [0.4, 0.5) is 5.69 Å². The molecule has 0 unspecified atom stereocenters. The van der Waals surface area contributed by atoms with Crippen molar-refractivity contribution in [3.63, 3.8) is 0 Å². The van der Waals surface area contributed by atoms with Crippen LogP contribution in [0.1, 0.15) is 30.0 Å². The third-order valence-corrected chi connectivity index (χ3v) is 5.78. The Morgan fingerprint density at radius 1 is 1.03 bits per heavy atom. The molecule has 184 valence electrons. The van der Waals surface area contributed by atoms with Crippen LogP contribution in [-0.4, -0.2) is 39.0 Å². The van der Waals surface area contributed by atoms with E-state index in [-0.39, 0.29) is 24.2 Å². The normalized spacial score (nSPS) is 11.7. The first-order valence-corrected chi connectivity index (χ1v) is 11.5. The second-order valence-corrected chi connectivity index (χ2v) is 8.22. The van der Waals surface area contributed by atoms with Gasteiger partial charge in [0.2, 0.25) is 17.6 Å². The van der Waals surface area contributed by atoms with Crippen molar-refractivity contribution >= 4 is 11.6 Å². The summed E-state index contributed by atoms with van der Waals surface area (Å²) in [6.45, 7) is 2.62. The molecule has 0 saturated heterocycles. The van der Waals surface area contributed by atoms with E-state index in [2.05, 4.69) is 10.1 Å². The number of rotatable bonds is 11. The Kier molecular flexibility index (Phi) is 8.15. The lowest BCUT2D eigenvalue weighted by molar-refractivity contribution is -0.384. The number of nitrogens with zero attached hydrogens (tertiary/aromatic N) is 4. The summed E-state index contributed by atoms with van der Waals surface area (Å²) in [5.74, 6) is 0.559. The van der Waals surface area contributed by atoms with E-state index in [4.69, 9.17) is 9.26 Å². The van der Waals surface area contributed by atoms with Crippen molar-refractivity contribution in [2.45, 2.75) is 26.0 Å². The highest BCUT2D eigenvalue weighted by molar-refractivity contribution is 5.78. The topological polar surface area (TPSA) is 112 Å². The maximum absolute atomic E-state index is 13.2. The lowest BCUT2D eigenvalue weighted by Gasteiger charge is -2.29. The predicted molar refractivity (Wildman–Crippen MR) is 133 cm³/mol. The fourth-order valence-electron chi connectivity index (χ4n) is 3.78. The van der Waals surface area contributed by atoms with E-state index in [0.29, 0.717) is 36.9 Å². The molecule has 0 spiro atoms. The smallest absolute Gasteiger partial charge is 0.269 e. The molecule has 0 saturated carbocycles. The molecule has 0 radical (unpaired) electrons. The molecular weight excluding hydrogens is 460 g/mol. The average molecular weight is 487 g/mol. The van der Waals surface area contributed by atoms with Gasteiger partial charge in [-0.3, -0.25) is 14.9 Å². The van der Waals surface area contributed by atoms with Crippen LogP contribution >= 0.6 is 0 Å². The molecule has 0 aliphatic heterocycles. The molecule has 0 N–H and O–H groups in total. The summed E-state index contributed by atoms with van der Waals surface area (Å²) >= 11 is 0. The molecule has 0 bridgehead atoms. The maximum atomic E-state index is 13.2. The summed E-state index contributed by atoms with van der Waals surface area (Å²) in [7, 11) is 0. The second-order valence-electron chi connectivity index (χ2n) is 8.22. The first-order chi connectivity index (χ1) is 17.5. The Labute approximate surface area is 208 Å². The number of non-ortho nitro benzene ring substituents is 1. The molecule has 0 aliphatic carbocycles. The van der Waals surface area contributed by atoms with Crippen molar-refractivity contribution in [2.75, 3.05) is 13.2 Å². The van der Waals surface area contributed by atoms with Crippen molar-refractivity contribution in [3.05, 3.63) is 112 Å². The van der Waals surface area contributed by atoms with E-state index in [1.807, 2.05) is 67.6 Å². The van der Waals surface area contributed by atoms with E-state index in [1.165, 1.54) is 12.1 Å². The van der Waals surface area contributed by atoms with Crippen molar-refractivity contribution in [3.8, 4) is 11.4 Å². The predicted octanol–water partition coefficient (Wildman–Crippen LogP) is 4.99. The maximum Gasteiger partial charge on any atom is 0.269 e. The SMILES string of the molecule is C[C@@H](c1ccccc1)N(CCc1nc(-c2ccc([N+](=O)[O-])cc2)no1)C(=O)COCc1ccccc1. The number of ether oxygens (including phenoxy) is 1. The first-order valence-electron chi connectivity index (χ1n) is 11.5. The van der Waals surface area contributed by atoms with Crippen LogP contribution in [0.25, 0.3) is 11.4 Å². The summed E-state index contributed by atoms with van der Waals surface area (Å²) in [5.41, 5.74) is 2.60. The molecule has 4 rings (SSSR count). The van der Waals surface area contributed by atoms with Crippen molar-refractivity contribution in [2.24, 2.45) is 0 Å². The van der Waals surface area contributed by atoms with Gasteiger partial charge in [0.1, 0.15) is 6.61 Å². The number of benzene rings is 3. The van der Waals surface area contributed by atoms with Crippen LogP contribution < -0.4 is 0 Å². The molecule has 9 heteroatoms. The molecule has 1 heterocycles. The van der Waals surface area contributed by atoms with Gasteiger partial charge in [0, 0.05) is 30.7 Å². The van der Waals surface area contributed by atoms with Gasteiger partial charge in [0.25, 0.3) is 5.69 Å². The third kappa shape index (κ3) is 6.39. The zero-order valence-electron chi connectivity index (χ0n) is 19.8. The van der Waals surface area contributed by atoms with Gasteiger partial charge >= 0.3 is 0 Å². The van der Waals surface area contributed by atoms with Crippen LogP contribution in [0, 0.1) is 10.1 Å². The van der Waals surface area contributed by atoms with Gasteiger partial charge in [-0.2, -0.15) is 4.98 Å². The van der Waals surface area contributed by atoms with Crippen molar-refractivity contribution < 1.29 is 19.0 Å². The molecule has 0 aliphatic rings. The van der Waals surface area contributed by atoms with Gasteiger partial charge in [-0.05, 0) is 30.2 Å². The number of carbonyl (C=O) groups excluding carboxylic acids is 1. The highest BCUT2D eigenvalue weighted by Crippen LogP contribution is 2.22. The van der Waals surface area contributed by atoms with Crippen molar-refractivity contribution in [1.82, 2.24) is 15.0 Å². The Hall–Kier alpha value is -4.37. The quantitative estimate of drug-likeness (QED) is 0.217. The third-order valence-electron chi connectivity index (χ3n) is 5.78. The zero-order chi connectivity index (χ0) is 25.3. The van der Waals surface area contributed by atoms with Gasteiger partial charge in [-0.1, -0.05) is 65.8 Å². The van der Waals surface area contributed by atoms with Crippen LogP contribution in [-0.2, 0) is 22.6 Å². The lowest BCUT2D eigenvalue weighted by atomic mass is 10.1. The number of aromatic nitrogens is 2. The minimum Gasteiger partial charge on any atom is -0.367 e. The molecular formula is C27H26N4O5. The monoisotopic (exact) mass is 486 g/mol. The van der Waals surface area contributed by atoms with E-state index < -0.39 is 4.92 Å². The standard InChI is InChI=1S/C27H26N4O5/c1-20(22-10-6-3-7-11-22)30(26(32)19-35-18-21-8-4-2-5-9-21)17-16-25-28-27(29-36-25)23-12-14-24(15-13-23)31(33)34/h2-15,20H,16-19H2,1H3/t20-/m0/s1. The number of hydrogen-bond acceptors (Lipinski definition) is 7. The molecule has 0 fully saturated rings. The molecule has 3 aromatic carbocycles. The Morgan fingerprint density at radius 2 is 1.69 bits per heavy atom. The number of amides is 1. The van der Waals surface area contributed by atoms with Crippen LogP contribution in [0.2, 0.25) is 0 Å². The van der Waals surface area contributed by atoms with Crippen LogP contribution in [0.15, 0.2) is 89.5 Å². The molecule has 4 aromatic rings. The second kappa shape index (κ2) is 11.9. The summed E-state index contributed by atoms with van der Waals surface area (Å²) in [6.07, 6.45) is 0.349. The zero-order valence-corrected chi connectivity index (χ0v) is 19.8. The Balaban J connectivity index is 1.42. The summed E-state index contributed by atoms with van der Waals surface area (Å²) in [5, 5.41) is 14.9. The minimum absolute atomic E-state index is 0.0130. The van der Waals surface area contributed by atoms with Gasteiger partial charge < -0.3 is 14.2 Å². The Morgan fingerprint density at radius 3 is 2.36 bits per heavy atom. The van der Waals surface area contributed by atoms with E-state index >= 15 is 0 Å². The van der Waals surface area contributed by atoms with Crippen LogP contribution in [0.3, 0.4) is 0 Å². The molecule has 1 amide bonds. The summed E-state index contributed by atoms with van der Waals surface area (Å²) in [6, 6.07) is 25.2. The Bertz CT molecular complexity index is 1280. The van der Waals surface area contributed by atoms with Crippen LogP contribution in [0.5, 0.6) is 0 Å². The summed E-state index contributed by atoms with van der Waals surface area (Å²) in [4.78, 5) is 29.7. The number of nitro benzene ring substituents is 1. The molecule has 9 nitrogen and oxygen atoms in total. The van der Waals surface area contributed by atoms with E-state index in [9.17, 15) is 14.9 Å². The fourth-order valence-corrected chi connectivity index (χ4v) is 3.78.